The minimum Gasteiger partial charge on any atom is -0.453 e. The molecule has 2 amide bonds. The van der Waals surface area contributed by atoms with Crippen molar-refractivity contribution < 1.29 is 14.3 Å². The number of anilines is 2. The number of rotatable bonds is 3. The topological polar surface area (TPSA) is 80.3 Å². The lowest BCUT2D eigenvalue weighted by Gasteiger charge is -2.07. The SMILES string of the molecule is COC(=O)Nc1ccc(NC(=O)c2cc(Cl)ccn2)cc1. The molecule has 0 radical (unpaired) electrons. The number of hydrogen-bond acceptors (Lipinski definition) is 4. The van der Waals surface area contributed by atoms with E-state index in [-0.39, 0.29) is 11.6 Å². The fraction of sp³-hybridized carbons (Fsp3) is 0.0714. The van der Waals surface area contributed by atoms with E-state index in [0.717, 1.165) is 0 Å². The monoisotopic (exact) mass is 305 g/mol. The summed E-state index contributed by atoms with van der Waals surface area (Å²) in [4.78, 5) is 26.9. The number of carbonyl (C=O) groups excluding carboxylic acids is 2. The molecule has 0 aliphatic carbocycles. The molecular weight excluding hydrogens is 294 g/mol. The number of pyridine rings is 1. The molecule has 0 saturated carbocycles. The molecule has 0 fully saturated rings. The second-order valence-electron chi connectivity index (χ2n) is 4.01. The summed E-state index contributed by atoms with van der Waals surface area (Å²) in [5, 5.41) is 5.62. The number of methoxy groups -OCH3 is 1. The Hall–Kier alpha value is -2.60. The Bertz CT molecular complexity index is 659. The van der Waals surface area contributed by atoms with Gasteiger partial charge in [-0.1, -0.05) is 11.6 Å². The Kier molecular flexibility index (Phi) is 4.73. The highest BCUT2D eigenvalue weighted by Gasteiger charge is 2.08. The van der Waals surface area contributed by atoms with E-state index in [1.807, 2.05) is 0 Å². The van der Waals surface area contributed by atoms with Gasteiger partial charge >= 0.3 is 6.09 Å². The molecule has 21 heavy (non-hydrogen) atoms. The van der Waals surface area contributed by atoms with Crippen LogP contribution in [0.5, 0.6) is 0 Å². The fourth-order valence-electron chi connectivity index (χ4n) is 1.53. The molecule has 2 aromatic rings. The van der Waals surface area contributed by atoms with E-state index >= 15 is 0 Å². The second-order valence-corrected chi connectivity index (χ2v) is 4.44. The van der Waals surface area contributed by atoms with Crippen LogP contribution in [0.4, 0.5) is 16.2 Å². The van der Waals surface area contributed by atoms with E-state index in [1.165, 1.54) is 19.4 Å². The zero-order valence-electron chi connectivity index (χ0n) is 11.1. The second kappa shape index (κ2) is 6.71. The van der Waals surface area contributed by atoms with Crippen LogP contribution >= 0.6 is 11.6 Å². The maximum absolute atomic E-state index is 12.0. The Morgan fingerprint density at radius 1 is 1.10 bits per heavy atom. The van der Waals surface area contributed by atoms with Crippen LogP contribution in [0.15, 0.2) is 42.6 Å². The number of carbonyl (C=O) groups is 2. The van der Waals surface area contributed by atoms with Crippen molar-refractivity contribution in [1.82, 2.24) is 4.98 Å². The van der Waals surface area contributed by atoms with Gasteiger partial charge in [0.1, 0.15) is 5.69 Å². The van der Waals surface area contributed by atoms with E-state index in [0.29, 0.717) is 16.4 Å². The predicted molar refractivity (Wildman–Crippen MR) is 79.7 cm³/mol. The quantitative estimate of drug-likeness (QED) is 0.912. The summed E-state index contributed by atoms with van der Waals surface area (Å²) in [7, 11) is 1.28. The van der Waals surface area contributed by atoms with Gasteiger partial charge in [-0.3, -0.25) is 15.1 Å². The molecule has 0 spiro atoms. The van der Waals surface area contributed by atoms with E-state index in [9.17, 15) is 9.59 Å². The Labute approximate surface area is 126 Å². The van der Waals surface area contributed by atoms with Crippen molar-refractivity contribution in [3.63, 3.8) is 0 Å². The Morgan fingerprint density at radius 3 is 2.29 bits per heavy atom. The predicted octanol–water partition coefficient (Wildman–Crippen LogP) is 3.17. The maximum atomic E-state index is 12.0. The minimum atomic E-state index is -0.560. The van der Waals surface area contributed by atoms with Gasteiger partial charge in [0.15, 0.2) is 0 Å². The molecule has 0 unspecified atom stereocenters. The van der Waals surface area contributed by atoms with Crippen molar-refractivity contribution in [3.8, 4) is 0 Å². The third kappa shape index (κ3) is 4.19. The summed E-state index contributed by atoms with van der Waals surface area (Å²) in [6, 6.07) is 9.63. The molecule has 0 bridgehead atoms. The van der Waals surface area contributed by atoms with Gasteiger partial charge in [-0.2, -0.15) is 0 Å². The summed E-state index contributed by atoms with van der Waals surface area (Å²) in [5.41, 5.74) is 1.34. The third-order valence-corrected chi connectivity index (χ3v) is 2.76. The van der Waals surface area contributed by atoms with Gasteiger partial charge in [-0.25, -0.2) is 4.79 Å². The van der Waals surface area contributed by atoms with E-state index in [2.05, 4.69) is 20.4 Å². The molecule has 2 rings (SSSR count). The normalized spacial score (nSPS) is 9.81. The van der Waals surface area contributed by atoms with Crippen LogP contribution in [-0.2, 0) is 4.74 Å². The van der Waals surface area contributed by atoms with Gasteiger partial charge in [0.25, 0.3) is 5.91 Å². The molecule has 108 valence electrons. The van der Waals surface area contributed by atoms with E-state index in [1.54, 1.807) is 30.3 Å². The van der Waals surface area contributed by atoms with Crippen molar-refractivity contribution in [2.45, 2.75) is 0 Å². The Balaban J connectivity index is 2.03. The van der Waals surface area contributed by atoms with E-state index in [4.69, 9.17) is 11.6 Å². The lowest BCUT2D eigenvalue weighted by Crippen LogP contribution is -2.14. The average molecular weight is 306 g/mol. The molecule has 0 aliphatic heterocycles. The first kappa shape index (κ1) is 14.8. The number of amides is 2. The molecule has 1 aromatic heterocycles. The van der Waals surface area contributed by atoms with Crippen molar-refractivity contribution in [2.24, 2.45) is 0 Å². The molecule has 0 saturated heterocycles. The molecule has 1 aromatic carbocycles. The largest absolute Gasteiger partial charge is 0.453 e. The van der Waals surface area contributed by atoms with Crippen LogP contribution < -0.4 is 10.6 Å². The third-order valence-electron chi connectivity index (χ3n) is 2.53. The van der Waals surface area contributed by atoms with Crippen LogP contribution in [0.25, 0.3) is 0 Å². The summed E-state index contributed by atoms with van der Waals surface area (Å²) in [6.07, 6.45) is 0.899. The zero-order valence-corrected chi connectivity index (χ0v) is 11.8. The van der Waals surface area contributed by atoms with Crippen molar-refractivity contribution >= 4 is 35.0 Å². The van der Waals surface area contributed by atoms with Crippen LogP contribution in [0, 0.1) is 0 Å². The Morgan fingerprint density at radius 2 is 1.71 bits per heavy atom. The lowest BCUT2D eigenvalue weighted by molar-refractivity contribution is 0.102. The standard InChI is InChI=1S/C14H12ClN3O3/c1-21-14(20)18-11-4-2-10(3-5-11)17-13(19)12-8-9(15)6-7-16-12/h2-8H,1H3,(H,17,19)(H,18,20). The average Bonchev–Trinajstić information content (AvgIpc) is 2.49. The van der Waals surface area contributed by atoms with Gasteiger partial charge in [-0.15, -0.1) is 0 Å². The summed E-state index contributed by atoms with van der Waals surface area (Å²) in [5.74, 6) is -0.369. The molecule has 2 N–H and O–H groups in total. The van der Waals surface area contributed by atoms with Crippen LogP contribution in [0.2, 0.25) is 5.02 Å². The number of nitrogens with one attached hydrogen (secondary N) is 2. The molecule has 1 heterocycles. The maximum Gasteiger partial charge on any atom is 0.411 e. The molecular formula is C14H12ClN3O3. The smallest absolute Gasteiger partial charge is 0.411 e. The minimum absolute atomic E-state index is 0.222. The van der Waals surface area contributed by atoms with Crippen molar-refractivity contribution in [3.05, 3.63) is 53.3 Å². The van der Waals surface area contributed by atoms with E-state index < -0.39 is 6.09 Å². The first-order valence-corrected chi connectivity index (χ1v) is 6.34. The van der Waals surface area contributed by atoms with Gasteiger partial charge in [-0.05, 0) is 36.4 Å². The summed E-state index contributed by atoms with van der Waals surface area (Å²) >= 11 is 5.80. The lowest BCUT2D eigenvalue weighted by atomic mass is 10.2. The number of aromatic nitrogens is 1. The first-order chi connectivity index (χ1) is 10.1. The fourth-order valence-corrected chi connectivity index (χ4v) is 1.69. The molecule has 7 heteroatoms. The number of ether oxygens (including phenoxy) is 1. The van der Waals surface area contributed by atoms with Crippen LogP contribution in [-0.4, -0.2) is 24.1 Å². The number of hydrogen-bond donors (Lipinski definition) is 2. The first-order valence-electron chi connectivity index (χ1n) is 5.96. The number of benzene rings is 1. The van der Waals surface area contributed by atoms with Gasteiger partial charge < -0.3 is 10.1 Å². The van der Waals surface area contributed by atoms with Crippen LogP contribution in [0.3, 0.4) is 0 Å². The van der Waals surface area contributed by atoms with Crippen molar-refractivity contribution in [1.29, 1.82) is 0 Å². The highest BCUT2D eigenvalue weighted by molar-refractivity contribution is 6.30. The molecule has 0 atom stereocenters. The van der Waals surface area contributed by atoms with Gasteiger partial charge in [0, 0.05) is 22.6 Å². The molecule has 0 aliphatic rings. The number of nitrogens with zero attached hydrogens (tertiary/aromatic N) is 1. The highest BCUT2D eigenvalue weighted by Crippen LogP contribution is 2.15. The zero-order chi connectivity index (χ0) is 15.2. The van der Waals surface area contributed by atoms with Gasteiger partial charge in [0.2, 0.25) is 0 Å². The van der Waals surface area contributed by atoms with Gasteiger partial charge in [0.05, 0.1) is 7.11 Å². The highest BCUT2D eigenvalue weighted by atomic mass is 35.5. The van der Waals surface area contributed by atoms with Crippen molar-refractivity contribution in [2.75, 3.05) is 17.7 Å². The molecule has 6 nitrogen and oxygen atoms in total. The number of halogens is 1. The van der Waals surface area contributed by atoms with Crippen LogP contribution in [0.1, 0.15) is 10.5 Å². The summed E-state index contributed by atoms with van der Waals surface area (Å²) in [6.45, 7) is 0. The summed E-state index contributed by atoms with van der Waals surface area (Å²) < 4.78 is 4.48.